The van der Waals surface area contributed by atoms with Gasteiger partial charge >= 0.3 is 5.97 Å². The smallest absolute Gasteiger partial charge is 0.337 e. The molecule has 4 aromatic rings. The summed E-state index contributed by atoms with van der Waals surface area (Å²) in [6, 6.07) is 12.4. The van der Waals surface area contributed by atoms with Crippen LogP contribution in [-0.2, 0) is 4.74 Å². The zero-order valence-corrected chi connectivity index (χ0v) is 15.1. The molecule has 0 aliphatic rings. The van der Waals surface area contributed by atoms with Crippen molar-refractivity contribution in [2.75, 3.05) is 7.11 Å². The lowest BCUT2D eigenvalue weighted by Gasteiger charge is -2.06. The van der Waals surface area contributed by atoms with Gasteiger partial charge in [-0.15, -0.1) is 10.2 Å². The van der Waals surface area contributed by atoms with E-state index in [0.717, 1.165) is 12.1 Å². The van der Waals surface area contributed by atoms with Crippen molar-refractivity contribution in [1.82, 2.24) is 14.6 Å². The average Bonchev–Trinajstić information content (AvgIpc) is 3.16. The largest absolute Gasteiger partial charge is 0.465 e. The number of rotatable bonds is 4. The van der Waals surface area contributed by atoms with Crippen molar-refractivity contribution in [2.45, 2.75) is 0 Å². The molecule has 0 amide bonds. The van der Waals surface area contributed by atoms with Crippen LogP contribution < -0.4 is 0 Å². The topological polar surface area (TPSA) is 73.6 Å². The molecule has 0 atom stereocenters. The number of methoxy groups -OCH3 is 1. The third kappa shape index (κ3) is 3.36. The summed E-state index contributed by atoms with van der Waals surface area (Å²) in [5.41, 5.74) is 1.31. The van der Waals surface area contributed by atoms with Crippen LogP contribution in [0.2, 0.25) is 0 Å². The molecule has 2 aromatic carbocycles. The molecule has 0 unspecified atom stereocenters. The Morgan fingerprint density at radius 2 is 1.79 bits per heavy atom. The number of ether oxygens (including phenoxy) is 1. The van der Waals surface area contributed by atoms with Crippen LogP contribution in [0, 0.1) is 11.6 Å². The normalized spacial score (nSPS) is 10.9. The van der Waals surface area contributed by atoms with Crippen molar-refractivity contribution in [3.05, 3.63) is 89.1 Å². The van der Waals surface area contributed by atoms with Crippen molar-refractivity contribution in [2.24, 2.45) is 0 Å². The van der Waals surface area contributed by atoms with Gasteiger partial charge in [0.25, 0.3) is 0 Å². The molecule has 6 nitrogen and oxygen atoms in total. The number of carbonyl (C=O) groups is 2. The molecule has 29 heavy (non-hydrogen) atoms. The first kappa shape index (κ1) is 18.4. The summed E-state index contributed by atoms with van der Waals surface area (Å²) in [5.74, 6) is -2.42. The molecule has 0 bridgehead atoms. The van der Waals surface area contributed by atoms with E-state index in [9.17, 15) is 18.4 Å². The lowest BCUT2D eigenvalue weighted by molar-refractivity contribution is 0.0600. The number of pyridine rings is 1. The van der Waals surface area contributed by atoms with Crippen LogP contribution >= 0.6 is 0 Å². The van der Waals surface area contributed by atoms with Crippen molar-refractivity contribution >= 4 is 17.4 Å². The van der Waals surface area contributed by atoms with Gasteiger partial charge in [-0.3, -0.25) is 9.20 Å². The van der Waals surface area contributed by atoms with Gasteiger partial charge in [0.05, 0.1) is 18.2 Å². The highest BCUT2D eigenvalue weighted by atomic mass is 19.1. The fraction of sp³-hybridized carbons (Fsp3) is 0.0476. The molecule has 0 saturated heterocycles. The molecule has 0 spiro atoms. The third-order valence-corrected chi connectivity index (χ3v) is 4.38. The summed E-state index contributed by atoms with van der Waals surface area (Å²) in [4.78, 5) is 24.5. The molecular formula is C21H13F2N3O3. The summed E-state index contributed by atoms with van der Waals surface area (Å²) in [7, 11) is 1.29. The van der Waals surface area contributed by atoms with Gasteiger partial charge in [0.1, 0.15) is 11.6 Å². The second-order valence-corrected chi connectivity index (χ2v) is 6.20. The number of fused-ring (bicyclic) bond motifs is 1. The Balaban J connectivity index is 1.79. The minimum Gasteiger partial charge on any atom is -0.465 e. The molecule has 8 heteroatoms. The Kier molecular flexibility index (Phi) is 4.59. The maximum absolute atomic E-state index is 14.0. The fourth-order valence-corrected chi connectivity index (χ4v) is 2.95. The second kappa shape index (κ2) is 7.23. The number of hydrogen-bond donors (Lipinski definition) is 0. The Morgan fingerprint density at radius 1 is 0.966 bits per heavy atom. The Bertz CT molecular complexity index is 1270. The van der Waals surface area contributed by atoms with E-state index in [2.05, 4.69) is 10.2 Å². The van der Waals surface area contributed by atoms with E-state index in [-0.39, 0.29) is 11.1 Å². The molecule has 2 aromatic heterocycles. The summed E-state index contributed by atoms with van der Waals surface area (Å²) < 4.78 is 33.4. The Morgan fingerprint density at radius 3 is 2.55 bits per heavy atom. The maximum atomic E-state index is 14.0. The second-order valence-electron chi connectivity index (χ2n) is 6.20. The number of halogens is 2. The number of carbonyl (C=O) groups excluding carboxylic acids is 2. The molecule has 0 radical (unpaired) electrons. The Labute approximate surface area is 163 Å². The Hall–Kier alpha value is -3.94. The first-order chi connectivity index (χ1) is 14.0. The first-order valence-electron chi connectivity index (χ1n) is 8.51. The van der Waals surface area contributed by atoms with Crippen LogP contribution in [0.4, 0.5) is 8.78 Å². The van der Waals surface area contributed by atoms with Crippen molar-refractivity contribution in [3.63, 3.8) is 0 Å². The number of aromatic nitrogens is 3. The lowest BCUT2D eigenvalue weighted by atomic mass is 10.0. The van der Waals surface area contributed by atoms with Crippen LogP contribution in [0.25, 0.3) is 17.0 Å². The number of nitrogens with zero attached hydrogens (tertiary/aromatic N) is 3. The standard InChI is InChI=1S/C21H13F2N3O3/c1-29-21(28)13-4-2-3-12(9-13)20-25-24-18-8-5-14(11-26(18)20)19(27)16-7-6-15(22)10-17(16)23/h2-11H,1H3. The SMILES string of the molecule is COC(=O)c1cccc(-c2nnc3ccc(C(=O)c4ccc(F)cc4F)cn23)c1. The number of ketones is 1. The van der Waals surface area contributed by atoms with Gasteiger partial charge in [0, 0.05) is 23.4 Å². The highest BCUT2D eigenvalue weighted by Crippen LogP contribution is 2.22. The summed E-state index contributed by atoms with van der Waals surface area (Å²) in [6.45, 7) is 0. The molecule has 0 aliphatic heterocycles. The van der Waals surface area contributed by atoms with Gasteiger partial charge in [-0.25, -0.2) is 13.6 Å². The highest BCUT2D eigenvalue weighted by molar-refractivity contribution is 6.09. The van der Waals surface area contributed by atoms with Gasteiger partial charge in [-0.1, -0.05) is 12.1 Å². The van der Waals surface area contributed by atoms with E-state index in [1.54, 1.807) is 34.7 Å². The number of benzene rings is 2. The summed E-state index contributed by atoms with van der Waals surface area (Å²) in [5, 5.41) is 8.17. The highest BCUT2D eigenvalue weighted by Gasteiger charge is 2.17. The molecule has 0 saturated carbocycles. The van der Waals surface area contributed by atoms with Gasteiger partial charge in [-0.05, 0) is 36.4 Å². The predicted molar refractivity (Wildman–Crippen MR) is 99.6 cm³/mol. The van der Waals surface area contributed by atoms with E-state index in [0.29, 0.717) is 28.7 Å². The summed E-state index contributed by atoms with van der Waals surface area (Å²) >= 11 is 0. The fourth-order valence-electron chi connectivity index (χ4n) is 2.95. The van der Waals surface area contributed by atoms with E-state index >= 15 is 0 Å². The van der Waals surface area contributed by atoms with E-state index in [4.69, 9.17) is 4.74 Å². The van der Waals surface area contributed by atoms with Gasteiger partial charge < -0.3 is 4.74 Å². The lowest BCUT2D eigenvalue weighted by Crippen LogP contribution is -2.06. The molecular weight excluding hydrogens is 380 g/mol. The average molecular weight is 393 g/mol. The van der Waals surface area contributed by atoms with E-state index in [1.165, 1.54) is 19.4 Å². The zero-order valence-electron chi connectivity index (χ0n) is 15.1. The van der Waals surface area contributed by atoms with Gasteiger partial charge in [-0.2, -0.15) is 0 Å². The maximum Gasteiger partial charge on any atom is 0.337 e. The van der Waals surface area contributed by atoms with E-state index < -0.39 is 23.4 Å². The quantitative estimate of drug-likeness (QED) is 0.391. The van der Waals surface area contributed by atoms with Crippen LogP contribution in [0.3, 0.4) is 0 Å². The predicted octanol–water partition coefficient (Wildman–Crippen LogP) is 3.69. The van der Waals surface area contributed by atoms with Gasteiger partial charge in [0.15, 0.2) is 17.3 Å². The third-order valence-electron chi connectivity index (χ3n) is 4.38. The van der Waals surface area contributed by atoms with Gasteiger partial charge in [0.2, 0.25) is 0 Å². The number of esters is 1. The zero-order chi connectivity index (χ0) is 20.5. The van der Waals surface area contributed by atoms with Crippen molar-refractivity contribution < 1.29 is 23.1 Å². The van der Waals surface area contributed by atoms with Crippen molar-refractivity contribution in [3.8, 4) is 11.4 Å². The van der Waals surface area contributed by atoms with E-state index in [1.807, 2.05) is 0 Å². The van der Waals surface area contributed by atoms with Crippen LogP contribution in [0.15, 0.2) is 60.8 Å². The molecule has 0 aliphatic carbocycles. The minimum absolute atomic E-state index is 0.174. The molecule has 2 heterocycles. The molecule has 144 valence electrons. The molecule has 0 N–H and O–H groups in total. The van der Waals surface area contributed by atoms with Crippen LogP contribution in [0.5, 0.6) is 0 Å². The molecule has 0 fully saturated rings. The monoisotopic (exact) mass is 393 g/mol. The first-order valence-corrected chi connectivity index (χ1v) is 8.51. The minimum atomic E-state index is -0.940. The van der Waals surface area contributed by atoms with Crippen molar-refractivity contribution in [1.29, 1.82) is 0 Å². The van der Waals surface area contributed by atoms with Crippen LogP contribution in [0.1, 0.15) is 26.3 Å². The summed E-state index contributed by atoms with van der Waals surface area (Å²) in [6.07, 6.45) is 1.47. The molecule has 4 rings (SSSR count). The van der Waals surface area contributed by atoms with Crippen LogP contribution in [-0.4, -0.2) is 33.5 Å². The number of hydrogen-bond acceptors (Lipinski definition) is 5.